The standard InChI is InChI=1S/C15H22N2O/c1-11(2)14-9-6-10-17(14)15(18)12-7-4-5-8-13(12)16-3/h4-5,7-8,11,14,16H,6,9-10H2,1-3H3. The van der Waals surface area contributed by atoms with E-state index >= 15 is 0 Å². The number of hydrogen-bond donors (Lipinski definition) is 1. The molecule has 0 aliphatic carbocycles. The van der Waals surface area contributed by atoms with Crippen LogP contribution in [-0.4, -0.2) is 30.4 Å². The minimum atomic E-state index is 0.163. The molecular weight excluding hydrogens is 224 g/mol. The van der Waals surface area contributed by atoms with Gasteiger partial charge in [0.05, 0.1) is 5.56 Å². The summed E-state index contributed by atoms with van der Waals surface area (Å²) in [5.41, 5.74) is 1.70. The van der Waals surface area contributed by atoms with Crippen molar-refractivity contribution in [1.29, 1.82) is 0 Å². The quantitative estimate of drug-likeness (QED) is 0.889. The fraction of sp³-hybridized carbons (Fsp3) is 0.533. The summed E-state index contributed by atoms with van der Waals surface area (Å²) in [4.78, 5) is 14.7. The minimum Gasteiger partial charge on any atom is -0.387 e. The molecule has 1 N–H and O–H groups in total. The van der Waals surface area contributed by atoms with E-state index in [-0.39, 0.29) is 5.91 Å². The van der Waals surface area contributed by atoms with Crippen LogP contribution in [0.15, 0.2) is 24.3 Å². The molecule has 3 heteroatoms. The monoisotopic (exact) mass is 246 g/mol. The van der Waals surface area contributed by atoms with Gasteiger partial charge in [0.2, 0.25) is 0 Å². The molecule has 0 radical (unpaired) electrons. The highest BCUT2D eigenvalue weighted by Crippen LogP contribution is 2.27. The Balaban J connectivity index is 2.25. The fourth-order valence-corrected chi connectivity index (χ4v) is 2.78. The van der Waals surface area contributed by atoms with Crippen LogP contribution in [0.1, 0.15) is 37.0 Å². The molecule has 2 rings (SSSR count). The van der Waals surface area contributed by atoms with Crippen molar-refractivity contribution in [3.63, 3.8) is 0 Å². The Morgan fingerprint density at radius 3 is 2.78 bits per heavy atom. The molecule has 0 saturated carbocycles. The Labute approximate surface area is 109 Å². The summed E-state index contributed by atoms with van der Waals surface area (Å²) in [6.07, 6.45) is 2.25. The molecule has 98 valence electrons. The van der Waals surface area contributed by atoms with Crippen molar-refractivity contribution in [1.82, 2.24) is 4.90 Å². The SMILES string of the molecule is CNc1ccccc1C(=O)N1CCCC1C(C)C. The summed E-state index contributed by atoms with van der Waals surface area (Å²) in [6.45, 7) is 5.28. The zero-order valence-electron chi connectivity index (χ0n) is 11.4. The second-order valence-corrected chi connectivity index (χ2v) is 5.25. The summed E-state index contributed by atoms with van der Waals surface area (Å²) in [7, 11) is 1.86. The lowest BCUT2D eigenvalue weighted by molar-refractivity contribution is 0.0702. The van der Waals surface area contributed by atoms with E-state index in [1.807, 2.05) is 36.2 Å². The van der Waals surface area contributed by atoms with E-state index < -0.39 is 0 Å². The lowest BCUT2D eigenvalue weighted by Gasteiger charge is -2.28. The molecule has 1 heterocycles. The van der Waals surface area contributed by atoms with Crippen LogP contribution in [0.5, 0.6) is 0 Å². The van der Waals surface area contributed by atoms with E-state index in [0.29, 0.717) is 12.0 Å². The number of para-hydroxylation sites is 1. The average Bonchev–Trinajstić information content (AvgIpc) is 2.87. The predicted octanol–water partition coefficient (Wildman–Crippen LogP) is 2.99. The molecule has 1 aromatic carbocycles. The minimum absolute atomic E-state index is 0.163. The van der Waals surface area contributed by atoms with Crippen molar-refractivity contribution in [2.75, 3.05) is 18.9 Å². The first-order valence-electron chi connectivity index (χ1n) is 6.73. The number of carbonyl (C=O) groups excluding carboxylic acids is 1. The summed E-state index contributed by atoms with van der Waals surface area (Å²) < 4.78 is 0. The summed E-state index contributed by atoms with van der Waals surface area (Å²) in [6, 6.07) is 8.13. The van der Waals surface area contributed by atoms with E-state index in [0.717, 1.165) is 30.6 Å². The molecule has 0 aromatic heterocycles. The molecule has 18 heavy (non-hydrogen) atoms. The molecule has 1 fully saturated rings. The van der Waals surface area contributed by atoms with Crippen LogP contribution in [0.4, 0.5) is 5.69 Å². The number of hydrogen-bond acceptors (Lipinski definition) is 2. The summed E-state index contributed by atoms with van der Waals surface area (Å²) >= 11 is 0. The zero-order valence-corrected chi connectivity index (χ0v) is 11.4. The third kappa shape index (κ3) is 2.35. The van der Waals surface area contributed by atoms with Crippen molar-refractivity contribution in [3.8, 4) is 0 Å². The molecule has 1 atom stereocenters. The third-order valence-corrected chi connectivity index (χ3v) is 3.76. The lowest BCUT2D eigenvalue weighted by Crippen LogP contribution is -2.38. The maximum atomic E-state index is 12.6. The van der Waals surface area contributed by atoms with Gasteiger partial charge in [-0.1, -0.05) is 26.0 Å². The maximum Gasteiger partial charge on any atom is 0.256 e. The van der Waals surface area contributed by atoms with Crippen LogP contribution in [-0.2, 0) is 0 Å². The van der Waals surface area contributed by atoms with Crippen LogP contribution in [0.3, 0.4) is 0 Å². The number of anilines is 1. The van der Waals surface area contributed by atoms with Crippen LogP contribution in [0, 0.1) is 5.92 Å². The first kappa shape index (κ1) is 12.9. The largest absolute Gasteiger partial charge is 0.387 e. The van der Waals surface area contributed by atoms with Crippen LogP contribution < -0.4 is 5.32 Å². The maximum absolute atomic E-state index is 12.6. The van der Waals surface area contributed by atoms with Crippen LogP contribution in [0.25, 0.3) is 0 Å². The first-order valence-corrected chi connectivity index (χ1v) is 6.73. The van der Waals surface area contributed by atoms with Gasteiger partial charge in [-0.05, 0) is 30.9 Å². The van der Waals surface area contributed by atoms with Gasteiger partial charge in [0.25, 0.3) is 5.91 Å². The summed E-state index contributed by atoms with van der Waals surface area (Å²) in [5, 5.41) is 3.10. The number of carbonyl (C=O) groups is 1. The number of nitrogens with one attached hydrogen (secondary N) is 1. The molecule has 3 nitrogen and oxygen atoms in total. The molecule has 1 aliphatic rings. The van der Waals surface area contributed by atoms with Gasteiger partial charge in [-0.25, -0.2) is 0 Å². The smallest absolute Gasteiger partial charge is 0.256 e. The second-order valence-electron chi connectivity index (χ2n) is 5.25. The lowest BCUT2D eigenvalue weighted by atomic mass is 10.0. The molecular formula is C15H22N2O. The number of amides is 1. The number of likely N-dealkylation sites (tertiary alicyclic amines) is 1. The van der Waals surface area contributed by atoms with E-state index in [1.165, 1.54) is 0 Å². The van der Waals surface area contributed by atoms with Gasteiger partial charge in [0.15, 0.2) is 0 Å². The average molecular weight is 246 g/mol. The molecule has 0 bridgehead atoms. The third-order valence-electron chi connectivity index (χ3n) is 3.76. The van der Waals surface area contributed by atoms with Crippen molar-refractivity contribution in [3.05, 3.63) is 29.8 Å². The molecule has 1 aromatic rings. The molecule has 0 spiro atoms. The Morgan fingerprint density at radius 1 is 1.39 bits per heavy atom. The number of benzene rings is 1. The highest BCUT2D eigenvalue weighted by molar-refractivity contribution is 5.99. The topological polar surface area (TPSA) is 32.3 Å². The van der Waals surface area contributed by atoms with Crippen molar-refractivity contribution in [2.24, 2.45) is 5.92 Å². The fourth-order valence-electron chi connectivity index (χ4n) is 2.78. The van der Waals surface area contributed by atoms with Gasteiger partial charge in [-0.2, -0.15) is 0 Å². The zero-order chi connectivity index (χ0) is 13.1. The Bertz CT molecular complexity index is 428. The van der Waals surface area contributed by atoms with E-state index in [4.69, 9.17) is 0 Å². The Hall–Kier alpha value is -1.51. The predicted molar refractivity (Wildman–Crippen MR) is 74.9 cm³/mol. The Morgan fingerprint density at radius 2 is 2.11 bits per heavy atom. The normalized spacial score (nSPS) is 19.3. The van der Waals surface area contributed by atoms with Gasteiger partial charge in [-0.3, -0.25) is 4.79 Å². The van der Waals surface area contributed by atoms with Gasteiger partial charge in [0.1, 0.15) is 0 Å². The van der Waals surface area contributed by atoms with Gasteiger partial charge >= 0.3 is 0 Å². The molecule has 1 unspecified atom stereocenters. The van der Waals surface area contributed by atoms with Crippen molar-refractivity contribution >= 4 is 11.6 Å². The second kappa shape index (κ2) is 5.42. The van der Waals surface area contributed by atoms with Crippen molar-refractivity contribution < 1.29 is 4.79 Å². The summed E-state index contributed by atoms with van der Waals surface area (Å²) in [5.74, 6) is 0.689. The van der Waals surface area contributed by atoms with Crippen LogP contribution >= 0.6 is 0 Å². The van der Waals surface area contributed by atoms with E-state index in [9.17, 15) is 4.79 Å². The highest BCUT2D eigenvalue weighted by atomic mass is 16.2. The van der Waals surface area contributed by atoms with Crippen molar-refractivity contribution in [2.45, 2.75) is 32.7 Å². The van der Waals surface area contributed by atoms with Gasteiger partial charge < -0.3 is 10.2 Å². The first-order chi connectivity index (χ1) is 8.65. The van der Waals surface area contributed by atoms with Crippen LogP contribution in [0.2, 0.25) is 0 Å². The molecule has 1 amide bonds. The Kier molecular flexibility index (Phi) is 3.90. The van der Waals surface area contributed by atoms with E-state index in [1.54, 1.807) is 0 Å². The number of nitrogens with zero attached hydrogens (tertiary/aromatic N) is 1. The van der Waals surface area contributed by atoms with E-state index in [2.05, 4.69) is 19.2 Å². The highest BCUT2D eigenvalue weighted by Gasteiger charge is 2.31. The van der Waals surface area contributed by atoms with Gasteiger partial charge in [-0.15, -0.1) is 0 Å². The molecule has 1 aliphatic heterocycles. The number of rotatable bonds is 3. The van der Waals surface area contributed by atoms with Gasteiger partial charge in [0, 0.05) is 25.3 Å². The molecule has 1 saturated heterocycles.